The second-order valence-corrected chi connectivity index (χ2v) is 5.79. The molecule has 2 aromatic rings. The minimum atomic E-state index is 0.0954. The van der Waals surface area contributed by atoms with Crippen LogP contribution in [0.15, 0.2) is 30.3 Å². The zero-order valence-corrected chi connectivity index (χ0v) is 12.2. The minimum Gasteiger partial charge on any atom is -0.355 e. The highest BCUT2D eigenvalue weighted by Crippen LogP contribution is 2.32. The number of fused-ring (bicyclic) bond motifs is 3. The number of hydrogen-bond acceptors (Lipinski definition) is 1. The van der Waals surface area contributed by atoms with E-state index < -0.39 is 0 Å². The number of likely N-dealkylation sites (N-methyl/N-ethyl adjacent to an activating group) is 1. The van der Waals surface area contributed by atoms with Gasteiger partial charge < -0.3 is 9.88 Å². The second-order valence-electron chi connectivity index (χ2n) is 5.79. The summed E-state index contributed by atoms with van der Waals surface area (Å²) in [5.41, 5.74) is 4.73. The van der Waals surface area contributed by atoms with Crippen molar-refractivity contribution in [2.45, 2.75) is 20.3 Å². The Kier molecular flexibility index (Phi) is 3.13. The monoisotopic (exact) mass is 268 g/mol. The number of nitrogens with one attached hydrogen (secondary N) is 1. The Bertz CT molecular complexity index is 694. The van der Waals surface area contributed by atoms with Crippen LogP contribution < -0.4 is 0 Å². The molecule has 0 saturated heterocycles. The lowest BCUT2D eigenvalue weighted by atomic mass is 9.93. The molecule has 2 heterocycles. The number of amides is 1. The number of hydrogen-bond donors (Lipinski definition) is 1. The molecule has 3 heteroatoms. The fraction of sp³-hybridized carbons (Fsp3) is 0.353. The number of carbonyl (C=O) groups is 1. The van der Waals surface area contributed by atoms with Gasteiger partial charge in [-0.25, -0.2) is 0 Å². The van der Waals surface area contributed by atoms with Crippen LogP contribution in [0.3, 0.4) is 0 Å². The van der Waals surface area contributed by atoms with Gasteiger partial charge in [0.05, 0.1) is 0 Å². The van der Waals surface area contributed by atoms with Gasteiger partial charge in [-0.2, -0.15) is 0 Å². The Morgan fingerprint density at radius 3 is 2.75 bits per heavy atom. The molecule has 3 nitrogen and oxygen atoms in total. The molecule has 0 fully saturated rings. The zero-order chi connectivity index (χ0) is 14.3. The van der Waals surface area contributed by atoms with Crippen molar-refractivity contribution in [2.75, 3.05) is 13.6 Å². The lowest BCUT2D eigenvalue weighted by molar-refractivity contribution is -0.124. The molecule has 1 N–H and O–H groups in total. The van der Waals surface area contributed by atoms with Crippen LogP contribution in [0.2, 0.25) is 0 Å². The molecule has 0 radical (unpaired) electrons. The number of H-pyrrole nitrogens is 1. The number of aromatic nitrogens is 1. The summed E-state index contributed by atoms with van der Waals surface area (Å²) in [7, 11) is 1.87. The van der Waals surface area contributed by atoms with E-state index in [1.807, 2.05) is 13.1 Å². The van der Waals surface area contributed by atoms with Gasteiger partial charge in [0.15, 0.2) is 0 Å². The minimum absolute atomic E-state index is 0.0954. The summed E-state index contributed by atoms with van der Waals surface area (Å²) in [6.07, 6.45) is 2.68. The van der Waals surface area contributed by atoms with Crippen molar-refractivity contribution in [1.29, 1.82) is 0 Å². The molecular weight excluding hydrogens is 248 g/mol. The summed E-state index contributed by atoms with van der Waals surface area (Å²) < 4.78 is 0. The SMILES string of the molecule is CC(C)/C1=C/C(=O)N(C)CCc2c1[nH]c1ccccc21. The number of aromatic amines is 1. The van der Waals surface area contributed by atoms with Crippen molar-refractivity contribution in [2.24, 2.45) is 5.92 Å². The van der Waals surface area contributed by atoms with E-state index >= 15 is 0 Å². The first kappa shape index (κ1) is 13.0. The van der Waals surface area contributed by atoms with Gasteiger partial charge in [-0.05, 0) is 29.5 Å². The molecule has 1 amide bonds. The standard InChI is InChI=1S/C17H20N2O/c1-11(2)14-10-16(20)19(3)9-8-13-12-6-4-5-7-15(12)18-17(13)14/h4-7,10-11,18H,8-9H2,1-3H3/b14-10-. The van der Waals surface area contributed by atoms with Crippen LogP contribution in [-0.4, -0.2) is 29.4 Å². The van der Waals surface area contributed by atoms with Crippen LogP contribution in [0.25, 0.3) is 16.5 Å². The van der Waals surface area contributed by atoms with Crippen LogP contribution >= 0.6 is 0 Å². The molecule has 1 aliphatic rings. The van der Waals surface area contributed by atoms with Crippen LogP contribution in [0.1, 0.15) is 25.1 Å². The van der Waals surface area contributed by atoms with Crippen molar-refractivity contribution in [1.82, 2.24) is 9.88 Å². The van der Waals surface area contributed by atoms with E-state index in [2.05, 4.69) is 37.0 Å². The zero-order valence-electron chi connectivity index (χ0n) is 12.2. The van der Waals surface area contributed by atoms with Gasteiger partial charge in [0, 0.05) is 36.3 Å². The Hall–Kier alpha value is -2.03. The van der Waals surface area contributed by atoms with Gasteiger partial charge in [0.1, 0.15) is 0 Å². The first-order valence-electron chi connectivity index (χ1n) is 7.14. The van der Waals surface area contributed by atoms with Gasteiger partial charge in [-0.3, -0.25) is 4.79 Å². The van der Waals surface area contributed by atoms with Gasteiger partial charge in [0.2, 0.25) is 5.91 Å². The predicted octanol–water partition coefficient (Wildman–Crippen LogP) is 3.22. The Morgan fingerprint density at radius 2 is 2.00 bits per heavy atom. The number of benzene rings is 1. The summed E-state index contributed by atoms with van der Waals surface area (Å²) in [6.45, 7) is 5.03. The molecule has 1 aromatic heterocycles. The molecule has 1 aromatic carbocycles. The highest BCUT2D eigenvalue weighted by atomic mass is 16.2. The third kappa shape index (κ3) is 2.03. The summed E-state index contributed by atoms with van der Waals surface area (Å²) in [5.74, 6) is 0.412. The van der Waals surface area contributed by atoms with Crippen molar-refractivity contribution in [3.8, 4) is 0 Å². The molecule has 0 unspecified atom stereocenters. The van der Waals surface area contributed by atoms with E-state index in [0.29, 0.717) is 5.92 Å². The molecule has 20 heavy (non-hydrogen) atoms. The Morgan fingerprint density at radius 1 is 1.25 bits per heavy atom. The van der Waals surface area contributed by atoms with E-state index in [9.17, 15) is 4.79 Å². The third-order valence-corrected chi connectivity index (χ3v) is 4.08. The molecular formula is C17H20N2O. The maximum atomic E-state index is 12.1. The highest BCUT2D eigenvalue weighted by molar-refractivity contribution is 5.98. The van der Waals surface area contributed by atoms with Crippen molar-refractivity contribution < 1.29 is 4.79 Å². The third-order valence-electron chi connectivity index (χ3n) is 4.08. The lowest BCUT2D eigenvalue weighted by Gasteiger charge is -2.21. The number of allylic oxidation sites excluding steroid dienone is 1. The Labute approximate surface area is 119 Å². The van der Waals surface area contributed by atoms with Gasteiger partial charge in [-0.15, -0.1) is 0 Å². The molecule has 0 spiro atoms. The maximum Gasteiger partial charge on any atom is 0.246 e. The quantitative estimate of drug-likeness (QED) is 0.847. The fourth-order valence-corrected chi connectivity index (χ4v) is 2.87. The summed E-state index contributed by atoms with van der Waals surface area (Å²) >= 11 is 0. The van der Waals surface area contributed by atoms with E-state index in [1.165, 1.54) is 10.9 Å². The average Bonchev–Trinajstić information content (AvgIpc) is 2.78. The van der Waals surface area contributed by atoms with Crippen LogP contribution in [0, 0.1) is 5.92 Å². The molecule has 3 rings (SSSR count). The van der Waals surface area contributed by atoms with Gasteiger partial charge in [0.25, 0.3) is 0 Å². The largest absolute Gasteiger partial charge is 0.355 e. The van der Waals surface area contributed by atoms with Crippen molar-refractivity contribution in [3.05, 3.63) is 41.6 Å². The summed E-state index contributed by atoms with van der Waals surface area (Å²) in [6, 6.07) is 8.38. The first-order valence-corrected chi connectivity index (χ1v) is 7.14. The number of para-hydroxylation sites is 1. The first-order chi connectivity index (χ1) is 9.58. The predicted molar refractivity (Wildman–Crippen MR) is 82.5 cm³/mol. The molecule has 0 saturated carbocycles. The van der Waals surface area contributed by atoms with Crippen LogP contribution in [0.4, 0.5) is 0 Å². The van der Waals surface area contributed by atoms with Crippen LogP contribution in [0.5, 0.6) is 0 Å². The Balaban J connectivity index is 2.27. The number of carbonyl (C=O) groups excluding carboxylic acids is 1. The normalized spacial score (nSPS) is 18.7. The second kappa shape index (κ2) is 4.82. The molecule has 1 aliphatic heterocycles. The van der Waals surface area contributed by atoms with E-state index in [0.717, 1.165) is 29.7 Å². The highest BCUT2D eigenvalue weighted by Gasteiger charge is 2.21. The molecule has 0 atom stereocenters. The van der Waals surface area contributed by atoms with E-state index in [1.54, 1.807) is 11.0 Å². The van der Waals surface area contributed by atoms with Crippen molar-refractivity contribution in [3.63, 3.8) is 0 Å². The maximum absolute atomic E-state index is 12.1. The van der Waals surface area contributed by atoms with E-state index in [-0.39, 0.29) is 5.91 Å². The molecule has 0 aliphatic carbocycles. The van der Waals surface area contributed by atoms with Crippen LogP contribution in [-0.2, 0) is 11.2 Å². The number of rotatable bonds is 1. The lowest BCUT2D eigenvalue weighted by Crippen LogP contribution is -2.29. The molecule has 0 bridgehead atoms. The average molecular weight is 268 g/mol. The smallest absolute Gasteiger partial charge is 0.246 e. The summed E-state index contributed by atoms with van der Waals surface area (Å²) in [5, 5.41) is 1.27. The fourth-order valence-electron chi connectivity index (χ4n) is 2.87. The summed E-state index contributed by atoms with van der Waals surface area (Å²) in [4.78, 5) is 17.5. The molecule has 104 valence electrons. The number of nitrogens with zero attached hydrogens (tertiary/aromatic N) is 1. The van der Waals surface area contributed by atoms with Gasteiger partial charge >= 0.3 is 0 Å². The van der Waals surface area contributed by atoms with E-state index in [4.69, 9.17) is 0 Å². The van der Waals surface area contributed by atoms with Crippen molar-refractivity contribution >= 4 is 22.4 Å². The topological polar surface area (TPSA) is 36.1 Å². The van der Waals surface area contributed by atoms with Gasteiger partial charge in [-0.1, -0.05) is 32.0 Å².